The molecule has 1 aromatic heterocycles. The van der Waals surface area contributed by atoms with Crippen LogP contribution in [-0.4, -0.2) is 44.5 Å². The monoisotopic (exact) mass is 411 g/mol. The van der Waals surface area contributed by atoms with Crippen molar-refractivity contribution >= 4 is 23.5 Å². The molecule has 2 amide bonds. The Bertz CT molecular complexity index is 888. The molecule has 1 aliphatic rings. The van der Waals surface area contributed by atoms with Crippen molar-refractivity contribution in [3.8, 4) is 0 Å². The molecular formula is C22H29N5O3. The lowest BCUT2D eigenvalue weighted by molar-refractivity contribution is -0.117. The summed E-state index contributed by atoms with van der Waals surface area (Å²) in [5.74, 6) is 1.06. The molecule has 160 valence electrons. The summed E-state index contributed by atoms with van der Waals surface area (Å²) in [6, 6.07) is 9.78. The number of aryl methyl sites for hydroxylation is 1. The first-order chi connectivity index (χ1) is 14.6. The Hall–Kier alpha value is -3.29. The maximum Gasteiger partial charge on any atom is 0.287 e. The van der Waals surface area contributed by atoms with Crippen molar-refractivity contribution < 1.29 is 14.0 Å². The highest BCUT2D eigenvalue weighted by atomic mass is 16.3. The minimum atomic E-state index is -0.195. The fourth-order valence-corrected chi connectivity index (χ4v) is 3.30. The Morgan fingerprint density at radius 2 is 1.90 bits per heavy atom. The van der Waals surface area contributed by atoms with Gasteiger partial charge in [-0.25, -0.2) is 0 Å². The minimum Gasteiger partial charge on any atom is -0.459 e. The summed E-state index contributed by atoms with van der Waals surface area (Å²) in [6.45, 7) is 4.48. The number of benzene rings is 1. The van der Waals surface area contributed by atoms with Gasteiger partial charge in [-0.2, -0.15) is 0 Å². The number of carbonyl (C=O) groups is 2. The van der Waals surface area contributed by atoms with Crippen LogP contribution in [0.5, 0.6) is 0 Å². The van der Waals surface area contributed by atoms with Crippen LogP contribution in [0.4, 0.5) is 5.69 Å². The molecule has 0 atom stereocenters. The van der Waals surface area contributed by atoms with Gasteiger partial charge in [0.2, 0.25) is 5.91 Å². The Kier molecular flexibility index (Phi) is 7.48. The fourth-order valence-electron chi connectivity index (χ4n) is 3.30. The van der Waals surface area contributed by atoms with Gasteiger partial charge >= 0.3 is 0 Å². The molecule has 2 heterocycles. The Balaban J connectivity index is 1.35. The highest BCUT2D eigenvalue weighted by Crippen LogP contribution is 2.21. The largest absolute Gasteiger partial charge is 0.459 e. The third kappa shape index (κ3) is 5.62. The van der Waals surface area contributed by atoms with E-state index in [1.165, 1.54) is 6.26 Å². The number of hydrogen-bond donors (Lipinski definition) is 3. The summed E-state index contributed by atoms with van der Waals surface area (Å²) in [5.41, 5.74) is 2.89. The van der Waals surface area contributed by atoms with E-state index >= 15 is 0 Å². The van der Waals surface area contributed by atoms with Crippen molar-refractivity contribution in [1.82, 2.24) is 16.0 Å². The lowest BCUT2D eigenvalue weighted by Crippen LogP contribution is -2.38. The van der Waals surface area contributed by atoms with E-state index < -0.39 is 0 Å². The molecule has 8 heteroatoms. The van der Waals surface area contributed by atoms with Gasteiger partial charge < -0.3 is 25.3 Å². The molecule has 0 spiro atoms. The van der Waals surface area contributed by atoms with Crippen molar-refractivity contribution in [1.29, 1.82) is 0 Å². The van der Waals surface area contributed by atoms with Gasteiger partial charge in [-0.1, -0.05) is 12.1 Å². The second kappa shape index (κ2) is 10.5. The first-order valence-electron chi connectivity index (χ1n) is 10.2. The van der Waals surface area contributed by atoms with Gasteiger partial charge in [0.1, 0.15) is 0 Å². The third-order valence-electron chi connectivity index (χ3n) is 5.00. The summed E-state index contributed by atoms with van der Waals surface area (Å²) < 4.78 is 5.18. The van der Waals surface area contributed by atoms with Crippen LogP contribution in [0.15, 0.2) is 46.0 Å². The van der Waals surface area contributed by atoms with E-state index in [9.17, 15) is 9.59 Å². The molecule has 3 rings (SSSR count). The quantitative estimate of drug-likeness (QED) is 0.351. The minimum absolute atomic E-state index is 0.195. The van der Waals surface area contributed by atoms with Gasteiger partial charge in [0.25, 0.3) is 5.91 Å². The number of aliphatic imine (C=N–C) groups is 1. The molecule has 1 fully saturated rings. The molecule has 1 aromatic carbocycles. The maximum atomic E-state index is 12.0. The van der Waals surface area contributed by atoms with Gasteiger partial charge in [0, 0.05) is 50.9 Å². The average molecular weight is 412 g/mol. The van der Waals surface area contributed by atoms with E-state index in [2.05, 4.69) is 20.9 Å². The molecule has 2 aromatic rings. The van der Waals surface area contributed by atoms with Gasteiger partial charge in [-0.3, -0.25) is 14.6 Å². The van der Waals surface area contributed by atoms with E-state index in [0.717, 1.165) is 36.2 Å². The maximum absolute atomic E-state index is 12.0. The number of anilines is 1. The van der Waals surface area contributed by atoms with E-state index in [0.29, 0.717) is 37.8 Å². The fraction of sp³-hybridized carbons (Fsp3) is 0.409. The molecule has 0 unspecified atom stereocenters. The van der Waals surface area contributed by atoms with Gasteiger partial charge in [-0.15, -0.1) is 0 Å². The number of carbonyl (C=O) groups excluding carboxylic acids is 2. The standard InChI is InChI=1S/C22H29N5O3/c1-16-10-14-30-20(16)21(29)24-11-4-12-25-22(23-2)26-15-17-6-8-18(9-7-17)27-13-3-5-19(27)28/h6-10,14H,3-5,11-13,15H2,1-2H3,(H,24,29)(H2,23,25,26). The number of furan rings is 1. The van der Waals surface area contributed by atoms with Crippen molar-refractivity contribution in [2.24, 2.45) is 4.99 Å². The zero-order valence-electron chi connectivity index (χ0n) is 17.5. The van der Waals surface area contributed by atoms with E-state index in [1.54, 1.807) is 13.1 Å². The smallest absolute Gasteiger partial charge is 0.287 e. The number of nitrogens with one attached hydrogen (secondary N) is 3. The zero-order valence-corrected chi connectivity index (χ0v) is 17.5. The number of hydrogen-bond acceptors (Lipinski definition) is 4. The SMILES string of the molecule is CN=C(NCCCNC(=O)c1occc1C)NCc1ccc(N2CCCC2=O)cc1. The summed E-state index contributed by atoms with van der Waals surface area (Å²) in [7, 11) is 1.72. The summed E-state index contributed by atoms with van der Waals surface area (Å²) >= 11 is 0. The van der Waals surface area contributed by atoms with Crippen LogP contribution in [0.2, 0.25) is 0 Å². The van der Waals surface area contributed by atoms with E-state index in [-0.39, 0.29) is 11.8 Å². The van der Waals surface area contributed by atoms with Crippen LogP contribution in [-0.2, 0) is 11.3 Å². The van der Waals surface area contributed by atoms with Crippen molar-refractivity contribution in [3.05, 3.63) is 53.5 Å². The summed E-state index contributed by atoms with van der Waals surface area (Å²) in [4.78, 5) is 29.9. The second-order valence-electron chi connectivity index (χ2n) is 7.21. The molecular weight excluding hydrogens is 382 g/mol. The molecule has 8 nitrogen and oxygen atoms in total. The number of nitrogens with zero attached hydrogens (tertiary/aromatic N) is 2. The molecule has 3 N–H and O–H groups in total. The van der Waals surface area contributed by atoms with E-state index in [4.69, 9.17) is 4.42 Å². The molecule has 0 saturated carbocycles. The first kappa shape index (κ1) is 21.4. The zero-order chi connectivity index (χ0) is 21.3. The normalized spacial score (nSPS) is 14.1. The van der Waals surface area contributed by atoms with E-state index in [1.807, 2.05) is 36.1 Å². The highest BCUT2D eigenvalue weighted by molar-refractivity contribution is 5.95. The Morgan fingerprint density at radius 1 is 1.13 bits per heavy atom. The Morgan fingerprint density at radius 3 is 2.53 bits per heavy atom. The number of guanidine groups is 1. The van der Waals surface area contributed by atoms with Crippen LogP contribution in [0.25, 0.3) is 0 Å². The molecule has 1 aliphatic heterocycles. The second-order valence-corrected chi connectivity index (χ2v) is 7.21. The number of amides is 2. The average Bonchev–Trinajstić information content (AvgIpc) is 3.38. The van der Waals surface area contributed by atoms with Crippen LogP contribution in [0.3, 0.4) is 0 Å². The van der Waals surface area contributed by atoms with Crippen molar-refractivity contribution in [3.63, 3.8) is 0 Å². The first-order valence-corrected chi connectivity index (χ1v) is 10.2. The van der Waals surface area contributed by atoms with Gasteiger partial charge in [0.05, 0.1) is 6.26 Å². The van der Waals surface area contributed by atoms with Crippen molar-refractivity contribution in [2.75, 3.05) is 31.6 Å². The molecule has 30 heavy (non-hydrogen) atoms. The van der Waals surface area contributed by atoms with Crippen LogP contribution in [0, 0.1) is 6.92 Å². The van der Waals surface area contributed by atoms with Crippen LogP contribution >= 0.6 is 0 Å². The molecule has 1 saturated heterocycles. The number of rotatable bonds is 8. The summed E-state index contributed by atoms with van der Waals surface area (Å²) in [6.07, 6.45) is 3.83. The topological polar surface area (TPSA) is 99.0 Å². The lowest BCUT2D eigenvalue weighted by Gasteiger charge is -2.16. The highest BCUT2D eigenvalue weighted by Gasteiger charge is 2.21. The van der Waals surface area contributed by atoms with Gasteiger partial charge in [-0.05, 0) is 43.5 Å². The van der Waals surface area contributed by atoms with Crippen LogP contribution < -0.4 is 20.9 Å². The predicted octanol–water partition coefficient (Wildman–Crippen LogP) is 2.20. The molecule has 0 bridgehead atoms. The Labute approximate surface area is 176 Å². The van der Waals surface area contributed by atoms with Crippen LogP contribution in [0.1, 0.15) is 40.9 Å². The molecule has 0 radical (unpaired) electrons. The van der Waals surface area contributed by atoms with Crippen molar-refractivity contribution in [2.45, 2.75) is 32.7 Å². The lowest BCUT2D eigenvalue weighted by atomic mass is 10.2. The predicted molar refractivity (Wildman–Crippen MR) is 117 cm³/mol. The summed E-state index contributed by atoms with van der Waals surface area (Å²) in [5, 5.41) is 9.35. The third-order valence-corrected chi connectivity index (χ3v) is 5.00. The molecule has 0 aliphatic carbocycles. The van der Waals surface area contributed by atoms with Gasteiger partial charge in [0.15, 0.2) is 11.7 Å².